The fourth-order valence-corrected chi connectivity index (χ4v) is 5.72. The lowest BCUT2D eigenvalue weighted by atomic mass is 10.1. The topological polar surface area (TPSA) is 125 Å². The molecule has 50 heavy (non-hydrogen) atoms. The lowest BCUT2D eigenvalue weighted by Crippen LogP contribution is -2.49. The van der Waals surface area contributed by atoms with E-state index in [1.54, 1.807) is 0 Å². The molecular weight excluding hydrogens is 651 g/mol. The first-order valence-corrected chi connectivity index (χ1v) is 21.6. The van der Waals surface area contributed by atoms with Crippen LogP contribution in [-0.2, 0) is 24.2 Å². The van der Waals surface area contributed by atoms with E-state index in [9.17, 15) is 22.6 Å². The molecule has 0 aliphatic rings. The molecule has 0 aliphatic heterocycles. The van der Waals surface area contributed by atoms with Crippen molar-refractivity contribution < 1.29 is 31.2 Å². The van der Waals surface area contributed by atoms with Crippen molar-refractivity contribution in [3.8, 4) is 0 Å². The van der Waals surface area contributed by atoms with Gasteiger partial charge in [0.25, 0.3) is 0 Å². The van der Waals surface area contributed by atoms with E-state index >= 15 is 0 Å². The number of quaternary nitrogens is 1. The minimum atomic E-state index is -4.42. The SMILES string of the molecule is CCCCCCC=CCCCCCCCC(=O)NCC[N+](C)(C)CCNC(=O)CCCCCCCC=CCCCCCC.CCOS(=O)(=O)[O-]. The van der Waals surface area contributed by atoms with Crippen LogP contribution in [0, 0.1) is 0 Å². The van der Waals surface area contributed by atoms with Gasteiger partial charge in [0.05, 0.1) is 46.9 Å². The minimum absolute atomic E-state index is 0.0914. The summed E-state index contributed by atoms with van der Waals surface area (Å²) in [7, 11) is -0.0876. The Kier molecular flexibility index (Phi) is 37.3. The number of unbranched alkanes of at least 4 members (excludes halogenated alkanes) is 18. The number of nitrogens with zero attached hydrogens (tertiary/aromatic N) is 1. The second-order valence-corrected chi connectivity index (χ2v) is 15.2. The lowest BCUT2D eigenvalue weighted by Gasteiger charge is -2.30. The number of nitrogens with one attached hydrogen (secondary N) is 2. The summed E-state index contributed by atoms with van der Waals surface area (Å²) < 4.78 is 32.8. The molecular formula is C40H79N3O6S. The van der Waals surface area contributed by atoms with Crippen molar-refractivity contribution in [1.82, 2.24) is 10.6 Å². The van der Waals surface area contributed by atoms with E-state index in [0.29, 0.717) is 25.9 Å². The van der Waals surface area contributed by atoms with E-state index in [0.717, 1.165) is 43.3 Å². The summed E-state index contributed by atoms with van der Waals surface area (Å²) in [4.78, 5) is 24.4. The Hall–Kier alpha value is -1.75. The highest BCUT2D eigenvalue weighted by molar-refractivity contribution is 7.80. The molecule has 0 aromatic carbocycles. The van der Waals surface area contributed by atoms with Crippen LogP contribution >= 0.6 is 0 Å². The molecule has 0 aliphatic carbocycles. The molecule has 0 rings (SSSR count). The first kappa shape index (κ1) is 50.4. The molecule has 0 saturated carbocycles. The number of carbonyl (C=O) groups excluding carboxylic acids is 2. The summed E-state index contributed by atoms with van der Waals surface area (Å²) in [5, 5.41) is 6.19. The van der Waals surface area contributed by atoms with Crippen LogP contribution in [0.5, 0.6) is 0 Å². The van der Waals surface area contributed by atoms with E-state index in [1.165, 1.54) is 122 Å². The molecule has 9 nitrogen and oxygen atoms in total. The van der Waals surface area contributed by atoms with Gasteiger partial charge in [-0.3, -0.25) is 13.8 Å². The second-order valence-electron chi connectivity index (χ2n) is 14.2. The molecule has 0 aromatic rings. The van der Waals surface area contributed by atoms with Crippen molar-refractivity contribution in [2.24, 2.45) is 0 Å². The van der Waals surface area contributed by atoms with E-state index < -0.39 is 10.4 Å². The normalized spacial score (nSPS) is 12.0. The average Bonchev–Trinajstić information content (AvgIpc) is 3.05. The summed E-state index contributed by atoms with van der Waals surface area (Å²) in [6.07, 6.45) is 38.1. The van der Waals surface area contributed by atoms with Gasteiger partial charge in [-0.05, 0) is 71.1 Å². The number of hydrogen-bond acceptors (Lipinski definition) is 6. The lowest BCUT2D eigenvalue weighted by molar-refractivity contribution is -0.887. The zero-order valence-electron chi connectivity index (χ0n) is 33.1. The zero-order valence-corrected chi connectivity index (χ0v) is 33.9. The Morgan fingerprint density at radius 3 is 1.18 bits per heavy atom. The molecule has 0 fully saturated rings. The number of amides is 2. The maximum atomic E-state index is 12.2. The van der Waals surface area contributed by atoms with Gasteiger partial charge in [0, 0.05) is 12.8 Å². The molecule has 2 N–H and O–H groups in total. The Morgan fingerprint density at radius 2 is 0.880 bits per heavy atom. The largest absolute Gasteiger partial charge is 0.726 e. The Balaban J connectivity index is 0. The predicted octanol–water partition coefficient (Wildman–Crippen LogP) is 9.29. The Labute approximate surface area is 309 Å². The fraction of sp³-hybridized carbons (Fsp3) is 0.850. The van der Waals surface area contributed by atoms with Gasteiger partial charge in [-0.2, -0.15) is 0 Å². The van der Waals surface area contributed by atoms with E-state index in [2.05, 4.69) is 67.1 Å². The maximum Gasteiger partial charge on any atom is 0.220 e. The average molecular weight is 730 g/mol. The summed E-state index contributed by atoms with van der Waals surface area (Å²) in [6.45, 7) is 8.99. The zero-order chi connectivity index (χ0) is 37.6. The van der Waals surface area contributed by atoms with Crippen LogP contribution < -0.4 is 10.6 Å². The smallest absolute Gasteiger partial charge is 0.220 e. The molecule has 0 radical (unpaired) electrons. The number of allylic oxidation sites excluding steroid dienone is 4. The number of carbonyl (C=O) groups is 2. The van der Waals surface area contributed by atoms with Gasteiger partial charge in [-0.15, -0.1) is 0 Å². The predicted molar refractivity (Wildman–Crippen MR) is 210 cm³/mol. The maximum absolute atomic E-state index is 12.2. The third kappa shape index (κ3) is 44.3. The van der Waals surface area contributed by atoms with Crippen molar-refractivity contribution in [3.63, 3.8) is 0 Å². The monoisotopic (exact) mass is 730 g/mol. The summed E-state index contributed by atoms with van der Waals surface area (Å²) >= 11 is 0. The van der Waals surface area contributed by atoms with Crippen LogP contribution in [0.3, 0.4) is 0 Å². The highest BCUT2D eigenvalue weighted by atomic mass is 32.3. The molecule has 2 amide bonds. The highest BCUT2D eigenvalue weighted by Gasteiger charge is 2.15. The van der Waals surface area contributed by atoms with Crippen LogP contribution in [0.1, 0.15) is 175 Å². The van der Waals surface area contributed by atoms with Crippen molar-refractivity contribution >= 4 is 22.2 Å². The van der Waals surface area contributed by atoms with E-state index in [1.807, 2.05) is 0 Å². The van der Waals surface area contributed by atoms with Gasteiger partial charge in [0.1, 0.15) is 0 Å². The minimum Gasteiger partial charge on any atom is -0.726 e. The molecule has 296 valence electrons. The van der Waals surface area contributed by atoms with Crippen LogP contribution in [0.4, 0.5) is 0 Å². The first-order valence-electron chi connectivity index (χ1n) is 20.2. The molecule has 0 aromatic heterocycles. The summed E-state index contributed by atoms with van der Waals surface area (Å²) in [6, 6.07) is 0. The van der Waals surface area contributed by atoms with Crippen LogP contribution in [0.15, 0.2) is 24.3 Å². The standard InChI is InChI=1S/C38H73N3O2.C2H6O4S/c1-5-7-9-11-13-15-17-19-21-23-25-27-29-31-37(42)39-33-35-41(3,4)36-34-40-38(43)32-30-28-26-24-22-20-18-16-14-12-10-8-6-2;1-2-6-7(3,4)5/h15-18H,5-14,19-36H2,1-4H3,(H-,39,40,42,43);2H2,1H3,(H,3,4,5). The second kappa shape index (κ2) is 37.0. The van der Waals surface area contributed by atoms with E-state index in [-0.39, 0.29) is 18.4 Å². The van der Waals surface area contributed by atoms with Gasteiger partial charge in [0.2, 0.25) is 22.2 Å². The van der Waals surface area contributed by atoms with Gasteiger partial charge in [-0.1, -0.05) is 115 Å². The van der Waals surface area contributed by atoms with Gasteiger partial charge >= 0.3 is 0 Å². The molecule has 10 heteroatoms. The number of rotatable bonds is 34. The summed E-state index contributed by atoms with van der Waals surface area (Å²) in [5.74, 6) is 0.349. The van der Waals surface area contributed by atoms with Crippen LogP contribution in [0.25, 0.3) is 0 Å². The highest BCUT2D eigenvalue weighted by Crippen LogP contribution is 2.10. The van der Waals surface area contributed by atoms with Crippen LogP contribution in [-0.4, -0.2) is 76.1 Å². The molecule has 0 saturated heterocycles. The molecule has 0 heterocycles. The molecule has 0 spiro atoms. The molecule has 0 atom stereocenters. The Bertz CT molecular complexity index is 881. The third-order valence-electron chi connectivity index (χ3n) is 8.67. The third-order valence-corrected chi connectivity index (χ3v) is 9.20. The van der Waals surface area contributed by atoms with Crippen molar-refractivity contribution in [3.05, 3.63) is 24.3 Å². The van der Waals surface area contributed by atoms with Gasteiger partial charge in [-0.25, -0.2) is 8.42 Å². The van der Waals surface area contributed by atoms with Gasteiger partial charge < -0.3 is 19.7 Å². The number of likely N-dealkylation sites (N-methyl/N-ethyl adjacent to an activating group) is 1. The van der Waals surface area contributed by atoms with E-state index in [4.69, 9.17) is 0 Å². The van der Waals surface area contributed by atoms with Crippen LogP contribution in [0.2, 0.25) is 0 Å². The fourth-order valence-electron chi connectivity index (χ4n) is 5.43. The number of hydrogen-bond donors (Lipinski definition) is 2. The van der Waals surface area contributed by atoms with Crippen molar-refractivity contribution in [1.29, 1.82) is 0 Å². The molecule has 0 unspecified atom stereocenters. The quantitative estimate of drug-likeness (QED) is 0.0224. The molecule has 0 bridgehead atoms. The van der Waals surface area contributed by atoms with Crippen molar-refractivity contribution in [2.75, 3.05) is 46.9 Å². The van der Waals surface area contributed by atoms with Crippen molar-refractivity contribution in [2.45, 2.75) is 175 Å². The van der Waals surface area contributed by atoms with Gasteiger partial charge in [0.15, 0.2) is 0 Å². The first-order chi connectivity index (χ1) is 24.0. The summed E-state index contributed by atoms with van der Waals surface area (Å²) in [5.41, 5.74) is 0. The Morgan fingerprint density at radius 1 is 0.560 bits per heavy atom.